The lowest BCUT2D eigenvalue weighted by Crippen LogP contribution is -2.17. The number of hydrogen-bond donors (Lipinski definition) is 1. The zero-order valence-electron chi connectivity index (χ0n) is 12.0. The number of rotatable bonds is 7. The van der Waals surface area contributed by atoms with Gasteiger partial charge in [-0.2, -0.15) is 5.10 Å². The highest BCUT2D eigenvalue weighted by atomic mass is 15.3. The molecular formula is C14H27N3. The summed E-state index contributed by atoms with van der Waals surface area (Å²) >= 11 is 0. The molecule has 98 valence electrons. The van der Waals surface area contributed by atoms with Crippen molar-refractivity contribution in [3.05, 3.63) is 17.0 Å². The van der Waals surface area contributed by atoms with Gasteiger partial charge in [0.15, 0.2) is 0 Å². The van der Waals surface area contributed by atoms with Crippen molar-refractivity contribution in [1.29, 1.82) is 0 Å². The Hall–Kier alpha value is -0.830. The fourth-order valence-corrected chi connectivity index (χ4v) is 2.32. The Morgan fingerprint density at radius 1 is 1.18 bits per heavy atom. The molecule has 0 amide bonds. The van der Waals surface area contributed by atoms with Crippen LogP contribution in [0.3, 0.4) is 0 Å². The summed E-state index contributed by atoms with van der Waals surface area (Å²) in [6.45, 7) is 13.1. The van der Waals surface area contributed by atoms with Crippen LogP contribution in [0.5, 0.6) is 0 Å². The molecular weight excluding hydrogens is 210 g/mol. The van der Waals surface area contributed by atoms with E-state index >= 15 is 0 Å². The fraction of sp³-hybridized carbons (Fsp3) is 0.786. The summed E-state index contributed by atoms with van der Waals surface area (Å²) in [5.41, 5.74) is 4.19. The fourth-order valence-electron chi connectivity index (χ4n) is 2.32. The number of nitrogens with one attached hydrogen (secondary N) is 1. The molecule has 0 aliphatic carbocycles. The first-order chi connectivity index (χ1) is 8.15. The van der Waals surface area contributed by atoms with Gasteiger partial charge in [0.2, 0.25) is 0 Å². The van der Waals surface area contributed by atoms with Crippen molar-refractivity contribution in [2.75, 3.05) is 13.1 Å². The van der Waals surface area contributed by atoms with Gasteiger partial charge in [-0.3, -0.25) is 4.68 Å². The predicted molar refractivity (Wildman–Crippen MR) is 73.6 cm³/mol. The summed E-state index contributed by atoms with van der Waals surface area (Å²) in [6, 6.07) is 0.461. The maximum Gasteiger partial charge on any atom is 0.0657 e. The maximum atomic E-state index is 4.77. The molecule has 1 aromatic rings. The minimum Gasteiger partial charge on any atom is -0.317 e. The average Bonchev–Trinajstić information content (AvgIpc) is 2.67. The topological polar surface area (TPSA) is 29.9 Å². The Balaban J connectivity index is 2.98. The minimum atomic E-state index is 0.461. The smallest absolute Gasteiger partial charge is 0.0657 e. The zero-order valence-corrected chi connectivity index (χ0v) is 12.0. The lowest BCUT2D eigenvalue weighted by atomic mass is 10.1. The van der Waals surface area contributed by atoms with Crippen LogP contribution in [0, 0.1) is 0 Å². The highest BCUT2D eigenvalue weighted by molar-refractivity contribution is 5.27. The highest BCUT2D eigenvalue weighted by Crippen LogP contribution is 2.20. The molecule has 0 aliphatic heterocycles. The van der Waals surface area contributed by atoms with Crippen LogP contribution >= 0.6 is 0 Å². The molecule has 17 heavy (non-hydrogen) atoms. The number of nitrogens with zero attached hydrogens (tertiary/aromatic N) is 2. The second-order valence-electron chi connectivity index (χ2n) is 4.72. The van der Waals surface area contributed by atoms with E-state index in [2.05, 4.69) is 44.6 Å². The van der Waals surface area contributed by atoms with Crippen LogP contribution in [0.25, 0.3) is 0 Å². The van der Waals surface area contributed by atoms with Gasteiger partial charge in [0.25, 0.3) is 0 Å². The van der Waals surface area contributed by atoms with E-state index in [1.165, 1.54) is 17.0 Å². The first-order valence-corrected chi connectivity index (χ1v) is 6.95. The number of hydrogen-bond acceptors (Lipinski definition) is 2. The number of aryl methyl sites for hydroxylation is 1. The van der Waals surface area contributed by atoms with Gasteiger partial charge in [-0.1, -0.05) is 20.8 Å². The van der Waals surface area contributed by atoms with E-state index in [1.54, 1.807) is 0 Å². The molecule has 3 heteroatoms. The van der Waals surface area contributed by atoms with Crippen molar-refractivity contribution in [1.82, 2.24) is 15.1 Å². The summed E-state index contributed by atoms with van der Waals surface area (Å²) < 4.78 is 2.21. The van der Waals surface area contributed by atoms with Gasteiger partial charge in [0, 0.05) is 11.7 Å². The molecule has 0 saturated heterocycles. The largest absolute Gasteiger partial charge is 0.317 e. The second kappa shape index (κ2) is 6.80. The van der Waals surface area contributed by atoms with Crippen LogP contribution in [0.2, 0.25) is 0 Å². The normalized spacial score (nSPS) is 11.4. The molecule has 3 nitrogen and oxygen atoms in total. The zero-order chi connectivity index (χ0) is 12.8. The van der Waals surface area contributed by atoms with E-state index in [-0.39, 0.29) is 0 Å². The van der Waals surface area contributed by atoms with Crippen LogP contribution in [-0.2, 0) is 19.3 Å². The Bertz CT molecular complexity index is 339. The van der Waals surface area contributed by atoms with E-state index in [4.69, 9.17) is 5.10 Å². The molecule has 0 unspecified atom stereocenters. The third kappa shape index (κ3) is 3.32. The summed E-state index contributed by atoms with van der Waals surface area (Å²) in [7, 11) is 0. The average molecular weight is 237 g/mol. The van der Waals surface area contributed by atoms with Crippen LogP contribution in [0.4, 0.5) is 0 Å². The van der Waals surface area contributed by atoms with Crippen LogP contribution in [-0.4, -0.2) is 22.9 Å². The van der Waals surface area contributed by atoms with Crippen molar-refractivity contribution in [2.45, 2.75) is 59.9 Å². The third-order valence-corrected chi connectivity index (χ3v) is 3.16. The molecule has 0 radical (unpaired) electrons. The molecule has 0 saturated carbocycles. The van der Waals surface area contributed by atoms with Gasteiger partial charge in [0.05, 0.1) is 5.69 Å². The van der Waals surface area contributed by atoms with E-state index in [1.807, 2.05) is 0 Å². The second-order valence-corrected chi connectivity index (χ2v) is 4.72. The van der Waals surface area contributed by atoms with E-state index in [9.17, 15) is 0 Å². The van der Waals surface area contributed by atoms with E-state index in [0.29, 0.717) is 6.04 Å². The molecule has 0 bridgehead atoms. The van der Waals surface area contributed by atoms with Crippen LogP contribution in [0.15, 0.2) is 0 Å². The van der Waals surface area contributed by atoms with Crippen molar-refractivity contribution < 1.29 is 0 Å². The lowest BCUT2D eigenvalue weighted by molar-refractivity contribution is 0.506. The van der Waals surface area contributed by atoms with Crippen molar-refractivity contribution in [2.24, 2.45) is 0 Å². The Morgan fingerprint density at radius 3 is 2.35 bits per heavy atom. The standard InChI is InChI=1S/C14H27N3/c1-6-13-12(9-10-15-8-3)14(7-2)17(16-13)11(4)5/h11,15H,6-10H2,1-5H3. The molecule has 0 fully saturated rings. The van der Waals surface area contributed by atoms with Gasteiger partial charge in [-0.05, 0) is 51.8 Å². The first kappa shape index (κ1) is 14.2. The Labute approximate surface area is 106 Å². The summed E-state index contributed by atoms with van der Waals surface area (Å²) in [5.74, 6) is 0. The minimum absolute atomic E-state index is 0.461. The molecule has 1 heterocycles. The van der Waals surface area contributed by atoms with Crippen LogP contribution < -0.4 is 5.32 Å². The third-order valence-electron chi connectivity index (χ3n) is 3.16. The van der Waals surface area contributed by atoms with Gasteiger partial charge in [-0.25, -0.2) is 0 Å². The highest BCUT2D eigenvalue weighted by Gasteiger charge is 2.16. The molecule has 1 rings (SSSR count). The summed E-state index contributed by atoms with van der Waals surface area (Å²) in [4.78, 5) is 0. The van der Waals surface area contributed by atoms with Gasteiger partial charge in [-0.15, -0.1) is 0 Å². The Kier molecular flexibility index (Phi) is 5.69. The summed E-state index contributed by atoms with van der Waals surface area (Å²) in [6.07, 6.45) is 3.22. The van der Waals surface area contributed by atoms with Gasteiger partial charge >= 0.3 is 0 Å². The van der Waals surface area contributed by atoms with Crippen molar-refractivity contribution >= 4 is 0 Å². The predicted octanol–water partition coefficient (Wildman–Crippen LogP) is 2.74. The Morgan fingerprint density at radius 2 is 1.88 bits per heavy atom. The molecule has 0 aromatic carbocycles. The lowest BCUT2D eigenvalue weighted by Gasteiger charge is -2.11. The quantitative estimate of drug-likeness (QED) is 0.739. The molecule has 0 atom stereocenters. The number of likely N-dealkylation sites (N-methyl/N-ethyl adjacent to an activating group) is 1. The molecule has 0 spiro atoms. The number of aromatic nitrogens is 2. The van der Waals surface area contributed by atoms with Crippen molar-refractivity contribution in [3.8, 4) is 0 Å². The van der Waals surface area contributed by atoms with Crippen LogP contribution in [0.1, 0.15) is 57.6 Å². The molecule has 1 aromatic heterocycles. The SMILES string of the molecule is CCNCCc1c(CC)nn(C(C)C)c1CC. The van der Waals surface area contributed by atoms with Gasteiger partial charge < -0.3 is 5.32 Å². The maximum absolute atomic E-state index is 4.77. The van der Waals surface area contributed by atoms with E-state index in [0.717, 1.165) is 32.4 Å². The summed E-state index contributed by atoms with van der Waals surface area (Å²) in [5, 5.41) is 8.17. The van der Waals surface area contributed by atoms with Gasteiger partial charge in [0.1, 0.15) is 0 Å². The molecule has 0 aliphatic rings. The van der Waals surface area contributed by atoms with Crippen molar-refractivity contribution in [3.63, 3.8) is 0 Å². The monoisotopic (exact) mass is 237 g/mol. The first-order valence-electron chi connectivity index (χ1n) is 6.95. The van der Waals surface area contributed by atoms with E-state index < -0.39 is 0 Å². The molecule has 1 N–H and O–H groups in total.